The second-order valence-electron chi connectivity index (χ2n) is 7.17. The molecule has 1 aromatic carbocycles. The predicted octanol–water partition coefficient (Wildman–Crippen LogP) is 3.48. The lowest BCUT2D eigenvalue weighted by Gasteiger charge is -2.20. The molecule has 2 unspecified atom stereocenters. The molecular weight excluding hydrogens is 411 g/mol. The number of aryl methyl sites for hydroxylation is 1. The molecule has 1 aliphatic heterocycles. The number of nitrogens with one attached hydrogen (secondary N) is 2. The highest BCUT2D eigenvalue weighted by molar-refractivity contribution is 6.35. The van der Waals surface area contributed by atoms with Crippen molar-refractivity contribution in [2.45, 2.75) is 39.3 Å². The van der Waals surface area contributed by atoms with E-state index in [0.717, 1.165) is 56.5 Å². The second-order valence-corrected chi connectivity index (χ2v) is 8.02. The van der Waals surface area contributed by atoms with Gasteiger partial charge in [-0.2, -0.15) is 0 Å². The van der Waals surface area contributed by atoms with Gasteiger partial charge in [0.05, 0.1) is 12.6 Å². The maximum absolute atomic E-state index is 6.38. The molecule has 0 radical (unpaired) electrons. The van der Waals surface area contributed by atoms with E-state index in [2.05, 4.69) is 39.2 Å². The van der Waals surface area contributed by atoms with Crippen LogP contribution in [0, 0.1) is 5.92 Å². The zero-order chi connectivity index (χ0) is 20.6. The van der Waals surface area contributed by atoms with E-state index in [1.54, 1.807) is 12.4 Å². The van der Waals surface area contributed by atoms with Gasteiger partial charge in [0.25, 0.3) is 0 Å². The molecule has 2 heterocycles. The van der Waals surface area contributed by atoms with Crippen molar-refractivity contribution in [2.24, 2.45) is 10.9 Å². The van der Waals surface area contributed by atoms with E-state index in [0.29, 0.717) is 22.5 Å². The highest BCUT2D eigenvalue weighted by Crippen LogP contribution is 2.26. The molecule has 1 fully saturated rings. The summed E-state index contributed by atoms with van der Waals surface area (Å²) in [6.45, 7) is 7.92. The van der Waals surface area contributed by atoms with Crippen molar-refractivity contribution in [3.8, 4) is 0 Å². The Labute approximate surface area is 181 Å². The van der Waals surface area contributed by atoms with Crippen LogP contribution in [0.2, 0.25) is 10.0 Å². The minimum Gasteiger partial charge on any atom is -0.381 e. The second kappa shape index (κ2) is 10.8. The molecule has 0 saturated carbocycles. The zero-order valence-corrected chi connectivity index (χ0v) is 18.4. The Morgan fingerprint density at radius 1 is 1.41 bits per heavy atom. The summed E-state index contributed by atoms with van der Waals surface area (Å²) in [5, 5.41) is 16.2. The van der Waals surface area contributed by atoms with Crippen LogP contribution in [-0.2, 0) is 17.7 Å². The summed E-state index contributed by atoms with van der Waals surface area (Å²) in [5.74, 6) is 2.19. The number of nitrogens with zero attached hydrogens (tertiary/aromatic N) is 4. The summed E-state index contributed by atoms with van der Waals surface area (Å²) >= 11 is 12.4. The normalized spacial score (nSPS) is 18.1. The monoisotopic (exact) mass is 438 g/mol. The summed E-state index contributed by atoms with van der Waals surface area (Å²) in [6.07, 6.45) is 3.67. The van der Waals surface area contributed by atoms with E-state index in [1.807, 2.05) is 12.1 Å². The average molecular weight is 439 g/mol. The van der Waals surface area contributed by atoms with E-state index < -0.39 is 0 Å². The summed E-state index contributed by atoms with van der Waals surface area (Å²) in [6, 6.07) is 5.52. The first-order valence-corrected chi connectivity index (χ1v) is 10.8. The van der Waals surface area contributed by atoms with Crippen LogP contribution in [-0.4, -0.2) is 47.0 Å². The Morgan fingerprint density at radius 2 is 2.28 bits per heavy atom. The summed E-state index contributed by atoms with van der Waals surface area (Å²) in [5.41, 5.74) is 0.974. The Bertz CT molecular complexity index is 819. The van der Waals surface area contributed by atoms with Gasteiger partial charge in [-0.05, 0) is 31.0 Å². The third-order valence-corrected chi connectivity index (χ3v) is 5.53. The highest BCUT2D eigenvalue weighted by atomic mass is 35.5. The summed E-state index contributed by atoms with van der Waals surface area (Å²) < 4.78 is 7.52. The van der Waals surface area contributed by atoms with Crippen LogP contribution in [0.15, 0.2) is 29.5 Å². The maximum Gasteiger partial charge on any atom is 0.191 e. The van der Waals surface area contributed by atoms with Gasteiger partial charge in [-0.1, -0.05) is 36.2 Å². The van der Waals surface area contributed by atoms with Crippen LogP contribution in [0.1, 0.15) is 37.7 Å². The fourth-order valence-electron chi connectivity index (χ4n) is 3.27. The number of rotatable bonds is 8. The van der Waals surface area contributed by atoms with Crippen molar-refractivity contribution in [2.75, 3.05) is 26.3 Å². The molecule has 1 aromatic heterocycles. The molecule has 1 aliphatic rings. The third-order valence-electron chi connectivity index (χ3n) is 4.97. The highest BCUT2D eigenvalue weighted by Gasteiger charge is 2.16. The molecule has 3 rings (SSSR count). The largest absolute Gasteiger partial charge is 0.381 e. The first-order valence-electron chi connectivity index (χ1n) is 10.0. The first kappa shape index (κ1) is 21.9. The number of aliphatic imine (C=N–C) groups is 1. The number of aromatic nitrogens is 3. The van der Waals surface area contributed by atoms with Crippen LogP contribution in [0.4, 0.5) is 0 Å². The van der Waals surface area contributed by atoms with Gasteiger partial charge in [0, 0.05) is 48.6 Å². The number of hydrogen-bond acceptors (Lipinski definition) is 4. The van der Waals surface area contributed by atoms with Crippen molar-refractivity contribution in [3.63, 3.8) is 0 Å². The lowest BCUT2D eigenvalue weighted by atomic mass is 10.1. The van der Waals surface area contributed by atoms with Gasteiger partial charge in [-0.3, -0.25) is 4.99 Å². The van der Waals surface area contributed by atoms with E-state index in [1.165, 1.54) is 0 Å². The number of guanidine groups is 1. The molecule has 1 saturated heterocycles. The lowest BCUT2D eigenvalue weighted by molar-refractivity contribution is 0.187. The van der Waals surface area contributed by atoms with Gasteiger partial charge in [-0.25, -0.2) is 0 Å². The summed E-state index contributed by atoms with van der Waals surface area (Å²) in [4.78, 5) is 4.78. The van der Waals surface area contributed by atoms with Crippen molar-refractivity contribution >= 4 is 29.2 Å². The third kappa shape index (κ3) is 6.32. The quantitative estimate of drug-likeness (QED) is 0.487. The van der Waals surface area contributed by atoms with Crippen LogP contribution in [0.3, 0.4) is 0 Å². The molecule has 0 bridgehead atoms. The molecule has 7 nitrogen and oxygen atoms in total. The van der Waals surface area contributed by atoms with Gasteiger partial charge in [0.1, 0.15) is 12.2 Å². The molecule has 9 heteroatoms. The molecule has 158 valence electrons. The lowest BCUT2D eigenvalue weighted by Crippen LogP contribution is -2.40. The molecule has 0 spiro atoms. The molecule has 0 amide bonds. The smallest absolute Gasteiger partial charge is 0.191 e. The Balaban J connectivity index is 1.64. The molecule has 29 heavy (non-hydrogen) atoms. The van der Waals surface area contributed by atoms with Gasteiger partial charge >= 0.3 is 0 Å². The number of hydrogen-bond donors (Lipinski definition) is 2. The van der Waals surface area contributed by atoms with Crippen molar-refractivity contribution in [1.82, 2.24) is 25.4 Å². The van der Waals surface area contributed by atoms with Gasteiger partial charge in [0.15, 0.2) is 5.96 Å². The van der Waals surface area contributed by atoms with Crippen molar-refractivity contribution in [3.05, 3.63) is 46.0 Å². The molecule has 2 atom stereocenters. The standard InChI is InChI=1S/C20H28Cl2N6O/c1-3-19-27-25-13-28(19)8-7-23-20(24-11-15-6-9-29-12-15)26-14(2)17-5-4-16(21)10-18(17)22/h4-5,10,13-15H,3,6-9,11-12H2,1-2H3,(H2,23,24,26). The summed E-state index contributed by atoms with van der Waals surface area (Å²) in [7, 11) is 0. The Morgan fingerprint density at radius 3 is 3.00 bits per heavy atom. The van der Waals surface area contributed by atoms with E-state index in [-0.39, 0.29) is 6.04 Å². The zero-order valence-electron chi connectivity index (χ0n) is 16.9. The minimum atomic E-state index is -0.0213. The van der Waals surface area contributed by atoms with Crippen LogP contribution in [0.5, 0.6) is 0 Å². The number of benzene rings is 1. The molecular formula is C20H28Cl2N6O. The van der Waals surface area contributed by atoms with E-state index >= 15 is 0 Å². The SMILES string of the molecule is CCc1nncn1CCNC(=NCC1CCOC1)NC(C)c1ccc(Cl)cc1Cl. The van der Waals surface area contributed by atoms with Crippen LogP contribution >= 0.6 is 23.2 Å². The maximum atomic E-state index is 6.38. The van der Waals surface area contributed by atoms with Gasteiger partial charge in [-0.15, -0.1) is 10.2 Å². The van der Waals surface area contributed by atoms with Crippen LogP contribution < -0.4 is 10.6 Å². The van der Waals surface area contributed by atoms with Crippen molar-refractivity contribution < 1.29 is 4.74 Å². The predicted molar refractivity (Wildman–Crippen MR) is 117 cm³/mol. The Hall–Kier alpha value is -1.83. The van der Waals surface area contributed by atoms with Gasteiger partial charge in [0.2, 0.25) is 0 Å². The fourth-order valence-corrected chi connectivity index (χ4v) is 3.84. The van der Waals surface area contributed by atoms with E-state index in [9.17, 15) is 0 Å². The first-order chi connectivity index (χ1) is 14.1. The molecule has 2 N–H and O–H groups in total. The van der Waals surface area contributed by atoms with Crippen molar-refractivity contribution in [1.29, 1.82) is 0 Å². The fraction of sp³-hybridized carbons (Fsp3) is 0.550. The Kier molecular flexibility index (Phi) is 8.15. The number of halogens is 2. The van der Waals surface area contributed by atoms with E-state index in [4.69, 9.17) is 32.9 Å². The topological polar surface area (TPSA) is 76.4 Å². The number of ether oxygens (including phenoxy) is 1. The average Bonchev–Trinajstić information content (AvgIpc) is 3.37. The molecule has 0 aliphatic carbocycles. The molecule has 2 aromatic rings. The van der Waals surface area contributed by atoms with Gasteiger partial charge < -0.3 is 19.9 Å². The minimum absolute atomic E-state index is 0.0213. The van der Waals surface area contributed by atoms with Crippen LogP contribution in [0.25, 0.3) is 0 Å².